The third kappa shape index (κ3) is 6.23. The second-order valence-corrected chi connectivity index (χ2v) is 7.09. The quantitative estimate of drug-likeness (QED) is 0.314. The minimum absolute atomic E-state index is 0. The number of hydrogen-bond acceptors (Lipinski definition) is 4. The Morgan fingerprint density at radius 3 is 2.88 bits per heavy atom. The Bertz CT molecular complexity index is 548. The highest BCUT2D eigenvalue weighted by molar-refractivity contribution is 14.0. The van der Waals surface area contributed by atoms with E-state index < -0.39 is 0 Å². The number of ether oxygens (including phenoxy) is 1. The molecule has 1 atom stereocenters. The molecule has 1 N–H and O–H groups in total. The molecule has 0 aromatic carbocycles. The summed E-state index contributed by atoms with van der Waals surface area (Å²) in [5, 5.41) is 3.35. The largest absolute Gasteiger partial charge is 0.466 e. The number of aliphatic imine (C=N–C) groups is 1. The summed E-state index contributed by atoms with van der Waals surface area (Å²) in [7, 11) is 0. The zero-order valence-electron chi connectivity index (χ0n) is 14.7. The van der Waals surface area contributed by atoms with E-state index in [0.717, 1.165) is 31.9 Å². The molecule has 2 heterocycles. The molecule has 136 valence electrons. The van der Waals surface area contributed by atoms with Gasteiger partial charge in [-0.1, -0.05) is 0 Å². The number of nitrogens with zero attached hydrogens (tertiary/aromatic N) is 2. The number of carbonyl (C=O) groups is 1. The molecule has 24 heavy (non-hydrogen) atoms. The second-order valence-electron chi connectivity index (χ2n) is 5.72. The van der Waals surface area contributed by atoms with E-state index in [2.05, 4.69) is 36.2 Å². The fourth-order valence-corrected chi connectivity index (χ4v) is 3.59. The standard InChI is InChI=1S/C17H27N3O2S.HI/c1-4-18-17(19-11-15-9-8-13(3)23-15)20-10-6-7-14(12-20)16(21)22-5-2;/h8-9,14H,4-7,10-12H2,1-3H3,(H,18,19);1H. The third-order valence-corrected chi connectivity index (χ3v) is 4.84. The minimum atomic E-state index is -0.0815. The third-order valence-electron chi connectivity index (χ3n) is 3.86. The summed E-state index contributed by atoms with van der Waals surface area (Å²) in [6.45, 7) is 9.60. The number of hydrogen-bond donors (Lipinski definition) is 1. The number of esters is 1. The lowest BCUT2D eigenvalue weighted by molar-refractivity contribution is -0.149. The summed E-state index contributed by atoms with van der Waals surface area (Å²) < 4.78 is 5.18. The Kier molecular flexibility index (Phi) is 9.65. The molecular weight excluding hydrogens is 437 g/mol. The van der Waals surface area contributed by atoms with E-state index in [4.69, 9.17) is 9.73 Å². The Morgan fingerprint density at radius 2 is 2.25 bits per heavy atom. The Hall–Kier alpha value is -0.830. The van der Waals surface area contributed by atoms with E-state index in [-0.39, 0.29) is 35.9 Å². The van der Waals surface area contributed by atoms with E-state index in [1.807, 2.05) is 6.92 Å². The predicted molar refractivity (Wildman–Crippen MR) is 110 cm³/mol. The molecular formula is C17H28IN3O2S. The maximum atomic E-state index is 12.0. The first-order chi connectivity index (χ1) is 11.1. The molecule has 0 spiro atoms. The maximum absolute atomic E-state index is 12.0. The van der Waals surface area contributed by atoms with Gasteiger partial charge in [-0.25, -0.2) is 4.99 Å². The number of halogens is 1. The lowest BCUT2D eigenvalue weighted by atomic mass is 9.98. The Labute approximate surface area is 165 Å². The zero-order valence-corrected chi connectivity index (χ0v) is 17.9. The molecule has 1 aliphatic rings. The van der Waals surface area contributed by atoms with Gasteiger partial charge in [0.25, 0.3) is 0 Å². The van der Waals surface area contributed by atoms with Crippen LogP contribution >= 0.6 is 35.3 Å². The van der Waals surface area contributed by atoms with Crippen LogP contribution in [0.15, 0.2) is 17.1 Å². The maximum Gasteiger partial charge on any atom is 0.310 e. The van der Waals surface area contributed by atoms with Gasteiger partial charge in [-0.2, -0.15) is 0 Å². The van der Waals surface area contributed by atoms with Crippen molar-refractivity contribution in [3.05, 3.63) is 21.9 Å². The van der Waals surface area contributed by atoms with E-state index in [9.17, 15) is 4.79 Å². The predicted octanol–water partition coefficient (Wildman–Crippen LogP) is 3.42. The number of rotatable bonds is 5. The van der Waals surface area contributed by atoms with Gasteiger partial charge in [0.2, 0.25) is 0 Å². The summed E-state index contributed by atoms with van der Waals surface area (Å²) in [5.41, 5.74) is 0. The van der Waals surface area contributed by atoms with Crippen LogP contribution < -0.4 is 5.32 Å². The Balaban J connectivity index is 0.00000288. The molecule has 0 bridgehead atoms. The number of aryl methyl sites for hydroxylation is 1. The summed E-state index contributed by atoms with van der Waals surface area (Å²) >= 11 is 1.78. The van der Waals surface area contributed by atoms with Crippen LogP contribution in [0.3, 0.4) is 0 Å². The summed E-state index contributed by atoms with van der Waals surface area (Å²) in [4.78, 5) is 21.5. The van der Waals surface area contributed by atoms with Crippen molar-refractivity contribution < 1.29 is 9.53 Å². The van der Waals surface area contributed by atoms with Crippen molar-refractivity contribution in [1.82, 2.24) is 10.2 Å². The van der Waals surface area contributed by atoms with Gasteiger partial charge >= 0.3 is 5.97 Å². The van der Waals surface area contributed by atoms with Crippen LogP contribution in [0.2, 0.25) is 0 Å². The Morgan fingerprint density at radius 1 is 1.46 bits per heavy atom. The molecule has 1 aromatic heterocycles. The van der Waals surface area contributed by atoms with Crippen molar-refractivity contribution in [1.29, 1.82) is 0 Å². The van der Waals surface area contributed by atoms with Crippen molar-refractivity contribution >= 4 is 47.2 Å². The van der Waals surface area contributed by atoms with E-state index in [1.165, 1.54) is 9.75 Å². The molecule has 1 fully saturated rings. The van der Waals surface area contributed by atoms with Gasteiger partial charge in [-0.15, -0.1) is 35.3 Å². The topological polar surface area (TPSA) is 53.9 Å². The molecule has 1 aromatic rings. The van der Waals surface area contributed by atoms with Gasteiger partial charge in [-0.05, 0) is 45.7 Å². The van der Waals surface area contributed by atoms with Gasteiger partial charge in [0.1, 0.15) is 0 Å². The monoisotopic (exact) mass is 465 g/mol. The first kappa shape index (κ1) is 21.2. The van der Waals surface area contributed by atoms with Crippen molar-refractivity contribution in [2.75, 3.05) is 26.2 Å². The van der Waals surface area contributed by atoms with Crippen LogP contribution in [0.25, 0.3) is 0 Å². The number of piperidine rings is 1. The van der Waals surface area contributed by atoms with Crippen molar-refractivity contribution in [2.24, 2.45) is 10.9 Å². The fourth-order valence-electron chi connectivity index (χ4n) is 2.77. The van der Waals surface area contributed by atoms with Gasteiger partial charge in [0.05, 0.1) is 19.1 Å². The highest BCUT2D eigenvalue weighted by Gasteiger charge is 2.28. The highest BCUT2D eigenvalue weighted by Crippen LogP contribution is 2.19. The number of likely N-dealkylation sites (tertiary alicyclic amines) is 1. The van der Waals surface area contributed by atoms with Crippen LogP contribution in [0.4, 0.5) is 0 Å². The van der Waals surface area contributed by atoms with Crippen LogP contribution in [-0.2, 0) is 16.1 Å². The lowest BCUT2D eigenvalue weighted by Crippen LogP contribution is -2.48. The molecule has 0 aliphatic carbocycles. The van der Waals surface area contributed by atoms with E-state index >= 15 is 0 Å². The molecule has 1 unspecified atom stereocenters. The van der Waals surface area contributed by atoms with E-state index in [0.29, 0.717) is 19.7 Å². The normalized spacial score (nSPS) is 18.0. The molecule has 7 heteroatoms. The summed E-state index contributed by atoms with van der Waals surface area (Å²) in [6, 6.07) is 4.25. The van der Waals surface area contributed by atoms with Crippen molar-refractivity contribution in [3.8, 4) is 0 Å². The molecule has 0 radical (unpaired) electrons. The molecule has 1 aliphatic heterocycles. The van der Waals surface area contributed by atoms with Crippen LogP contribution in [0.5, 0.6) is 0 Å². The SMILES string of the molecule is CCNC(=NCc1ccc(C)s1)N1CCCC(C(=O)OCC)C1.I. The first-order valence-corrected chi connectivity index (χ1v) is 9.20. The molecule has 0 saturated carbocycles. The molecule has 5 nitrogen and oxygen atoms in total. The lowest BCUT2D eigenvalue weighted by Gasteiger charge is -2.34. The number of nitrogens with one attached hydrogen (secondary N) is 1. The van der Waals surface area contributed by atoms with Crippen LogP contribution in [0.1, 0.15) is 36.4 Å². The minimum Gasteiger partial charge on any atom is -0.466 e. The second kappa shape index (κ2) is 10.9. The first-order valence-electron chi connectivity index (χ1n) is 8.39. The summed E-state index contributed by atoms with van der Waals surface area (Å²) in [6.07, 6.45) is 1.89. The average Bonchev–Trinajstić information content (AvgIpc) is 2.97. The van der Waals surface area contributed by atoms with Gasteiger partial charge in [-0.3, -0.25) is 4.79 Å². The molecule has 0 amide bonds. The molecule has 1 saturated heterocycles. The average molecular weight is 465 g/mol. The van der Waals surface area contributed by atoms with Crippen LogP contribution in [0, 0.1) is 12.8 Å². The van der Waals surface area contributed by atoms with Gasteiger partial charge in [0.15, 0.2) is 5.96 Å². The van der Waals surface area contributed by atoms with E-state index in [1.54, 1.807) is 11.3 Å². The van der Waals surface area contributed by atoms with Crippen molar-refractivity contribution in [2.45, 2.75) is 40.2 Å². The van der Waals surface area contributed by atoms with Crippen LogP contribution in [-0.4, -0.2) is 43.1 Å². The summed E-state index contributed by atoms with van der Waals surface area (Å²) in [5.74, 6) is 0.769. The number of guanidine groups is 1. The van der Waals surface area contributed by atoms with Gasteiger partial charge < -0.3 is 15.0 Å². The molecule has 2 rings (SSSR count). The highest BCUT2D eigenvalue weighted by atomic mass is 127. The van der Waals surface area contributed by atoms with Gasteiger partial charge in [0, 0.05) is 29.4 Å². The zero-order chi connectivity index (χ0) is 16.7. The number of carbonyl (C=O) groups excluding carboxylic acids is 1. The smallest absolute Gasteiger partial charge is 0.310 e. The fraction of sp³-hybridized carbons (Fsp3) is 0.647. The number of thiophene rings is 1. The van der Waals surface area contributed by atoms with Crippen molar-refractivity contribution in [3.63, 3.8) is 0 Å².